The summed E-state index contributed by atoms with van der Waals surface area (Å²) in [7, 11) is 0. The molecule has 2 aliphatic heterocycles. The summed E-state index contributed by atoms with van der Waals surface area (Å²) in [5.41, 5.74) is 1.05. The Hall–Kier alpha value is -1.55. The van der Waals surface area contributed by atoms with Crippen LogP contribution in [-0.4, -0.2) is 35.2 Å². The Morgan fingerprint density at radius 3 is 2.94 bits per heavy atom. The van der Waals surface area contributed by atoms with Crippen LogP contribution in [0.5, 0.6) is 5.75 Å². The number of aliphatic hydroxyl groups is 1. The smallest absolute Gasteiger partial charge is 0.225 e. The fourth-order valence-corrected chi connectivity index (χ4v) is 2.42. The van der Waals surface area contributed by atoms with Gasteiger partial charge in [-0.25, -0.2) is 0 Å². The van der Waals surface area contributed by atoms with Crippen LogP contribution in [-0.2, 0) is 4.79 Å². The molecule has 16 heavy (non-hydrogen) atoms. The van der Waals surface area contributed by atoms with E-state index >= 15 is 0 Å². The zero-order chi connectivity index (χ0) is 11.1. The van der Waals surface area contributed by atoms with Crippen LogP contribution in [0.1, 0.15) is 18.0 Å². The topological polar surface area (TPSA) is 49.8 Å². The number of nitrogens with zero attached hydrogens (tertiary/aromatic N) is 1. The minimum atomic E-state index is -0.528. The van der Waals surface area contributed by atoms with E-state index in [1.807, 2.05) is 24.3 Å². The first kappa shape index (κ1) is 9.66. The summed E-state index contributed by atoms with van der Waals surface area (Å²) in [4.78, 5) is 13.4. The maximum Gasteiger partial charge on any atom is 0.225 e. The molecule has 3 rings (SSSR count). The van der Waals surface area contributed by atoms with E-state index < -0.39 is 6.10 Å². The maximum atomic E-state index is 11.7. The third-order valence-corrected chi connectivity index (χ3v) is 3.19. The normalized spacial score (nSPS) is 28.1. The van der Waals surface area contributed by atoms with Crippen LogP contribution < -0.4 is 4.74 Å². The minimum Gasteiger partial charge on any atom is -0.491 e. The van der Waals surface area contributed by atoms with Crippen molar-refractivity contribution in [2.24, 2.45) is 0 Å². The van der Waals surface area contributed by atoms with Crippen molar-refractivity contribution in [2.45, 2.75) is 18.6 Å². The summed E-state index contributed by atoms with van der Waals surface area (Å²) in [6.07, 6.45) is -0.293. The molecule has 0 saturated carbocycles. The zero-order valence-corrected chi connectivity index (χ0v) is 8.80. The number of likely N-dealkylation sites (tertiary alicyclic amines) is 1. The average Bonchev–Trinajstić information content (AvgIpc) is 2.81. The van der Waals surface area contributed by atoms with Gasteiger partial charge in [-0.05, 0) is 6.07 Å². The predicted molar refractivity (Wildman–Crippen MR) is 57.0 cm³/mol. The van der Waals surface area contributed by atoms with Crippen LogP contribution in [0.2, 0.25) is 0 Å². The molecule has 1 amide bonds. The summed E-state index contributed by atoms with van der Waals surface area (Å²) >= 11 is 0. The number of aliphatic hydroxyl groups excluding tert-OH is 1. The Morgan fingerprint density at radius 2 is 2.19 bits per heavy atom. The van der Waals surface area contributed by atoms with Gasteiger partial charge in [0.05, 0.1) is 18.6 Å². The molecule has 84 valence electrons. The Labute approximate surface area is 93.4 Å². The van der Waals surface area contributed by atoms with E-state index in [1.165, 1.54) is 0 Å². The largest absolute Gasteiger partial charge is 0.491 e. The monoisotopic (exact) mass is 219 g/mol. The molecular weight excluding hydrogens is 206 g/mol. The van der Waals surface area contributed by atoms with Crippen molar-refractivity contribution < 1.29 is 14.6 Å². The van der Waals surface area contributed by atoms with Crippen LogP contribution in [0.4, 0.5) is 0 Å². The van der Waals surface area contributed by atoms with Crippen LogP contribution in [0, 0.1) is 0 Å². The Bertz CT molecular complexity index is 432. The third kappa shape index (κ3) is 1.38. The van der Waals surface area contributed by atoms with Crippen molar-refractivity contribution in [2.75, 3.05) is 13.2 Å². The number of hydrogen-bond acceptors (Lipinski definition) is 3. The number of carbonyl (C=O) groups excluding carboxylic acids is 1. The van der Waals surface area contributed by atoms with Gasteiger partial charge < -0.3 is 14.7 Å². The van der Waals surface area contributed by atoms with Crippen molar-refractivity contribution >= 4 is 5.91 Å². The van der Waals surface area contributed by atoms with Gasteiger partial charge in [0.1, 0.15) is 12.4 Å². The molecule has 2 unspecified atom stereocenters. The van der Waals surface area contributed by atoms with Crippen LogP contribution in [0.15, 0.2) is 24.3 Å². The number of ether oxygens (including phenoxy) is 1. The Morgan fingerprint density at radius 1 is 1.38 bits per heavy atom. The molecule has 2 atom stereocenters. The number of β-amino-alcohol motifs (C(OH)–C–C–N with tert-alkyl or cyclic N) is 1. The lowest BCUT2D eigenvalue weighted by atomic mass is 10.1. The number of para-hydroxylation sites is 1. The number of hydrogen-bond donors (Lipinski definition) is 1. The van der Waals surface area contributed by atoms with E-state index in [0.717, 1.165) is 11.3 Å². The first-order valence-electron chi connectivity index (χ1n) is 5.45. The van der Waals surface area contributed by atoms with E-state index in [9.17, 15) is 9.90 Å². The van der Waals surface area contributed by atoms with E-state index in [-0.39, 0.29) is 18.4 Å². The highest BCUT2D eigenvalue weighted by molar-refractivity contribution is 5.79. The molecule has 0 bridgehead atoms. The average molecular weight is 219 g/mol. The number of rotatable bonds is 1. The first-order chi connectivity index (χ1) is 7.75. The quantitative estimate of drug-likeness (QED) is 0.757. The van der Waals surface area contributed by atoms with Gasteiger partial charge in [0.25, 0.3) is 0 Å². The van der Waals surface area contributed by atoms with Gasteiger partial charge in [0.15, 0.2) is 0 Å². The minimum absolute atomic E-state index is 0.0119. The van der Waals surface area contributed by atoms with Crippen molar-refractivity contribution in [1.82, 2.24) is 4.90 Å². The van der Waals surface area contributed by atoms with Gasteiger partial charge in [-0.15, -0.1) is 0 Å². The summed E-state index contributed by atoms with van der Waals surface area (Å²) < 4.78 is 5.53. The molecule has 1 aromatic rings. The van der Waals surface area contributed by atoms with E-state index in [4.69, 9.17) is 4.74 Å². The zero-order valence-electron chi connectivity index (χ0n) is 8.80. The van der Waals surface area contributed by atoms with Crippen LogP contribution >= 0.6 is 0 Å². The molecule has 2 aliphatic rings. The van der Waals surface area contributed by atoms with Crippen molar-refractivity contribution in [3.05, 3.63) is 29.8 Å². The molecule has 4 nitrogen and oxygen atoms in total. The van der Waals surface area contributed by atoms with Crippen LogP contribution in [0.3, 0.4) is 0 Å². The van der Waals surface area contributed by atoms with Crippen molar-refractivity contribution in [3.8, 4) is 5.75 Å². The summed E-state index contributed by atoms with van der Waals surface area (Å²) in [5, 5.41) is 9.48. The summed E-state index contributed by atoms with van der Waals surface area (Å²) in [6.45, 7) is 0.916. The summed E-state index contributed by atoms with van der Waals surface area (Å²) in [5.74, 6) is 0.861. The lowest BCUT2D eigenvalue weighted by Crippen LogP contribution is -2.31. The number of amides is 1. The second kappa shape index (κ2) is 3.49. The Kier molecular flexibility index (Phi) is 2.11. The third-order valence-electron chi connectivity index (χ3n) is 3.19. The predicted octanol–water partition coefficient (Wildman–Crippen LogP) is 0.713. The number of carbonyl (C=O) groups is 1. The molecule has 0 radical (unpaired) electrons. The molecule has 1 N–H and O–H groups in total. The highest BCUT2D eigenvalue weighted by Gasteiger charge is 2.37. The lowest BCUT2D eigenvalue weighted by Gasteiger charge is -2.22. The summed E-state index contributed by atoms with van der Waals surface area (Å²) in [6, 6.07) is 7.72. The van der Waals surface area contributed by atoms with Gasteiger partial charge in [-0.1, -0.05) is 18.2 Å². The standard InChI is InChI=1S/C12H13NO3/c14-8-5-12(15)13(6-8)10-7-16-11-4-2-1-3-9(10)11/h1-4,8,10,14H,5-7H2. The fraction of sp³-hybridized carbons (Fsp3) is 0.417. The molecule has 1 fully saturated rings. The van der Waals surface area contributed by atoms with Crippen LogP contribution in [0.25, 0.3) is 0 Å². The molecule has 4 heteroatoms. The van der Waals surface area contributed by atoms with E-state index in [2.05, 4.69) is 0 Å². The second-order valence-corrected chi connectivity index (χ2v) is 4.27. The van der Waals surface area contributed by atoms with Gasteiger partial charge in [0.2, 0.25) is 5.91 Å². The fourth-order valence-electron chi connectivity index (χ4n) is 2.42. The first-order valence-corrected chi connectivity index (χ1v) is 5.45. The molecule has 2 heterocycles. The van der Waals surface area contributed by atoms with Gasteiger partial charge in [0, 0.05) is 12.1 Å². The molecule has 0 spiro atoms. The number of benzene rings is 1. The molecule has 0 aromatic heterocycles. The number of fused-ring (bicyclic) bond motifs is 1. The highest BCUT2D eigenvalue weighted by atomic mass is 16.5. The Balaban J connectivity index is 1.90. The molecule has 0 aliphatic carbocycles. The van der Waals surface area contributed by atoms with Gasteiger partial charge in [-0.3, -0.25) is 4.79 Å². The van der Waals surface area contributed by atoms with Gasteiger partial charge in [-0.2, -0.15) is 0 Å². The SMILES string of the molecule is O=C1CC(O)CN1C1COc2ccccc21. The van der Waals surface area contributed by atoms with E-state index in [0.29, 0.717) is 13.2 Å². The van der Waals surface area contributed by atoms with Crippen molar-refractivity contribution in [1.29, 1.82) is 0 Å². The van der Waals surface area contributed by atoms with E-state index in [1.54, 1.807) is 4.90 Å². The maximum absolute atomic E-state index is 11.7. The van der Waals surface area contributed by atoms with Crippen molar-refractivity contribution in [3.63, 3.8) is 0 Å². The highest BCUT2D eigenvalue weighted by Crippen LogP contribution is 2.37. The molecule has 1 aromatic carbocycles. The molecule has 1 saturated heterocycles. The van der Waals surface area contributed by atoms with Gasteiger partial charge >= 0.3 is 0 Å². The second-order valence-electron chi connectivity index (χ2n) is 4.27. The molecular formula is C12H13NO3. The lowest BCUT2D eigenvalue weighted by molar-refractivity contribution is -0.130.